The topological polar surface area (TPSA) is 12.5 Å². The van der Waals surface area contributed by atoms with E-state index in [4.69, 9.17) is 16.3 Å². The molecule has 0 aromatic heterocycles. The predicted octanol–water partition coefficient (Wildman–Crippen LogP) is 3.57. The first-order valence-corrected chi connectivity index (χ1v) is 6.11. The van der Waals surface area contributed by atoms with E-state index < -0.39 is 4.87 Å². The zero-order valence-electron chi connectivity index (χ0n) is 9.34. The van der Waals surface area contributed by atoms with Gasteiger partial charge in [0.1, 0.15) is 11.0 Å². The Hall–Kier alpha value is -1.31. The van der Waals surface area contributed by atoms with E-state index in [1.165, 1.54) is 0 Å². The first-order chi connectivity index (χ1) is 8.32. The lowest BCUT2D eigenvalue weighted by molar-refractivity contribution is 0.373. The van der Waals surface area contributed by atoms with Crippen LogP contribution in [-0.2, 0) is 9.61 Å². The van der Waals surface area contributed by atoms with Gasteiger partial charge in [-0.1, -0.05) is 60.7 Å². The van der Waals surface area contributed by atoms with Gasteiger partial charge in [-0.05, 0) is 11.1 Å². The van der Waals surface area contributed by atoms with Crippen molar-refractivity contribution in [3.05, 3.63) is 71.8 Å². The molecule has 17 heavy (non-hydrogen) atoms. The average molecular weight is 245 g/mol. The van der Waals surface area contributed by atoms with Crippen molar-refractivity contribution < 1.29 is 4.74 Å². The summed E-state index contributed by atoms with van der Waals surface area (Å²) in [5.74, 6) is 0. The van der Waals surface area contributed by atoms with Crippen LogP contribution < -0.4 is 0 Å². The smallest absolute Gasteiger partial charge is 0.123 e. The summed E-state index contributed by atoms with van der Waals surface area (Å²) in [5, 5.41) is 0. The molecule has 2 aromatic carbocycles. The molecule has 0 aliphatic carbocycles. The lowest BCUT2D eigenvalue weighted by Gasteiger charge is -2.26. The molecule has 1 nitrogen and oxygen atoms in total. The van der Waals surface area contributed by atoms with Gasteiger partial charge >= 0.3 is 0 Å². The fourth-order valence-electron chi connectivity index (χ4n) is 2.18. The van der Waals surface area contributed by atoms with Gasteiger partial charge in [0, 0.05) is 0 Å². The molecular formula is C15H13ClO. The number of alkyl halides is 1. The van der Waals surface area contributed by atoms with Crippen molar-refractivity contribution in [1.82, 2.24) is 0 Å². The number of halogens is 1. The molecule has 1 atom stereocenters. The first-order valence-electron chi connectivity index (χ1n) is 5.73. The minimum Gasteiger partial charge on any atom is -0.370 e. The molecule has 1 aliphatic rings. The Labute approximate surface area is 106 Å². The minimum atomic E-state index is -0.553. The van der Waals surface area contributed by atoms with E-state index in [2.05, 4.69) is 24.3 Å². The molecular weight excluding hydrogens is 232 g/mol. The lowest BCUT2D eigenvalue weighted by atomic mass is 9.88. The van der Waals surface area contributed by atoms with Crippen LogP contribution in [0.1, 0.15) is 11.1 Å². The molecule has 86 valence electrons. The highest BCUT2D eigenvalue weighted by Gasteiger charge is 2.48. The van der Waals surface area contributed by atoms with Gasteiger partial charge in [-0.15, -0.1) is 11.6 Å². The molecule has 0 bridgehead atoms. The summed E-state index contributed by atoms with van der Waals surface area (Å²) < 4.78 is 5.45. The fourth-order valence-corrected chi connectivity index (χ4v) is 2.56. The second-order valence-corrected chi connectivity index (χ2v) is 4.86. The maximum absolute atomic E-state index is 6.86. The quantitative estimate of drug-likeness (QED) is 0.594. The number of hydrogen-bond acceptors (Lipinski definition) is 1. The van der Waals surface area contributed by atoms with Crippen LogP contribution in [0.5, 0.6) is 0 Å². The van der Waals surface area contributed by atoms with E-state index in [9.17, 15) is 0 Å². The van der Waals surface area contributed by atoms with Gasteiger partial charge in [-0.25, -0.2) is 0 Å². The molecule has 1 fully saturated rings. The van der Waals surface area contributed by atoms with Gasteiger partial charge in [0.25, 0.3) is 0 Å². The van der Waals surface area contributed by atoms with Crippen LogP contribution in [0.15, 0.2) is 60.7 Å². The van der Waals surface area contributed by atoms with E-state index in [0.29, 0.717) is 0 Å². The highest BCUT2D eigenvalue weighted by Crippen LogP contribution is 2.45. The Morgan fingerprint density at radius 1 is 0.882 bits per heavy atom. The van der Waals surface area contributed by atoms with Crippen molar-refractivity contribution in [3.63, 3.8) is 0 Å². The van der Waals surface area contributed by atoms with E-state index in [1.807, 2.05) is 36.4 Å². The Bertz CT molecular complexity index is 451. The number of epoxide rings is 1. The van der Waals surface area contributed by atoms with Crippen LogP contribution in [0.3, 0.4) is 0 Å². The highest BCUT2D eigenvalue weighted by molar-refractivity contribution is 6.26. The van der Waals surface area contributed by atoms with Crippen molar-refractivity contribution in [3.8, 4) is 0 Å². The molecule has 2 aromatic rings. The number of rotatable bonds is 3. The van der Waals surface area contributed by atoms with E-state index >= 15 is 0 Å². The van der Waals surface area contributed by atoms with Crippen molar-refractivity contribution >= 4 is 11.6 Å². The summed E-state index contributed by atoms with van der Waals surface area (Å²) in [7, 11) is 0. The molecule has 0 radical (unpaired) electrons. The molecule has 1 aliphatic heterocycles. The van der Waals surface area contributed by atoms with Crippen LogP contribution in [-0.4, -0.2) is 12.7 Å². The lowest BCUT2D eigenvalue weighted by Crippen LogP contribution is -2.27. The van der Waals surface area contributed by atoms with E-state index in [0.717, 1.165) is 17.7 Å². The van der Waals surface area contributed by atoms with Gasteiger partial charge in [-0.2, -0.15) is 0 Å². The fraction of sp³-hybridized carbons (Fsp3) is 0.200. The molecule has 0 N–H and O–H groups in total. The Balaban J connectivity index is 2.11. The SMILES string of the molecule is ClC(c1ccccc1)(c1ccccc1)C1CO1. The van der Waals surface area contributed by atoms with Crippen molar-refractivity contribution in [2.45, 2.75) is 11.0 Å². The third-order valence-corrected chi connectivity index (χ3v) is 3.84. The first kappa shape index (κ1) is 10.8. The van der Waals surface area contributed by atoms with Crippen molar-refractivity contribution in [2.75, 3.05) is 6.61 Å². The van der Waals surface area contributed by atoms with Gasteiger partial charge in [0.15, 0.2) is 0 Å². The van der Waals surface area contributed by atoms with Crippen LogP contribution in [0, 0.1) is 0 Å². The van der Waals surface area contributed by atoms with Gasteiger partial charge in [-0.3, -0.25) is 0 Å². The predicted molar refractivity (Wildman–Crippen MR) is 69.3 cm³/mol. The van der Waals surface area contributed by atoms with Gasteiger partial charge < -0.3 is 4.74 Å². The zero-order valence-corrected chi connectivity index (χ0v) is 10.1. The minimum absolute atomic E-state index is 0.0777. The Kier molecular flexibility index (Phi) is 2.65. The second kappa shape index (κ2) is 4.17. The van der Waals surface area contributed by atoms with Gasteiger partial charge in [0.2, 0.25) is 0 Å². The average Bonchev–Trinajstić information content (AvgIpc) is 3.24. The summed E-state index contributed by atoms with van der Waals surface area (Å²) in [4.78, 5) is -0.553. The summed E-state index contributed by atoms with van der Waals surface area (Å²) in [5.41, 5.74) is 2.19. The maximum Gasteiger partial charge on any atom is 0.123 e. The summed E-state index contributed by atoms with van der Waals surface area (Å²) >= 11 is 6.86. The molecule has 0 amide bonds. The molecule has 0 spiro atoms. The molecule has 1 heterocycles. The largest absolute Gasteiger partial charge is 0.370 e. The van der Waals surface area contributed by atoms with Crippen molar-refractivity contribution in [1.29, 1.82) is 0 Å². The number of ether oxygens (including phenoxy) is 1. The third-order valence-electron chi connectivity index (χ3n) is 3.16. The standard InChI is InChI=1S/C15H13ClO/c16-15(14-11-17-14,12-7-3-1-4-8-12)13-9-5-2-6-10-13/h1-10,14H,11H2. The molecule has 1 unspecified atom stereocenters. The van der Waals surface area contributed by atoms with E-state index in [-0.39, 0.29) is 6.10 Å². The van der Waals surface area contributed by atoms with Crippen LogP contribution in [0.4, 0.5) is 0 Å². The normalized spacial score (nSPS) is 19.0. The summed E-state index contributed by atoms with van der Waals surface area (Å²) in [6.45, 7) is 0.729. The van der Waals surface area contributed by atoms with Gasteiger partial charge in [0.05, 0.1) is 6.61 Å². The van der Waals surface area contributed by atoms with E-state index in [1.54, 1.807) is 0 Å². The summed E-state index contributed by atoms with van der Waals surface area (Å²) in [6, 6.07) is 20.3. The molecule has 1 saturated heterocycles. The molecule has 3 rings (SSSR count). The second-order valence-electron chi connectivity index (χ2n) is 4.27. The number of hydrogen-bond donors (Lipinski definition) is 0. The summed E-state index contributed by atoms with van der Waals surface area (Å²) in [6.07, 6.45) is 0.0777. The van der Waals surface area contributed by atoms with Crippen LogP contribution in [0.25, 0.3) is 0 Å². The third kappa shape index (κ3) is 1.86. The van der Waals surface area contributed by atoms with Crippen LogP contribution in [0.2, 0.25) is 0 Å². The Morgan fingerprint density at radius 2 is 1.29 bits per heavy atom. The highest BCUT2D eigenvalue weighted by atomic mass is 35.5. The monoisotopic (exact) mass is 244 g/mol. The van der Waals surface area contributed by atoms with Crippen molar-refractivity contribution in [2.24, 2.45) is 0 Å². The zero-order chi connectivity index (χ0) is 11.7. The maximum atomic E-state index is 6.86. The van der Waals surface area contributed by atoms with Crippen LogP contribution >= 0.6 is 11.6 Å². The molecule has 0 saturated carbocycles. The number of benzene rings is 2. The molecule has 2 heteroatoms. The Morgan fingerprint density at radius 3 is 1.65 bits per heavy atom.